The average Bonchev–Trinajstić information content (AvgIpc) is 3.08. The Balaban J connectivity index is 1.33. The Morgan fingerprint density at radius 1 is 0.771 bits per heavy atom. The fourth-order valence-electron chi connectivity index (χ4n) is 6.04. The fourth-order valence-corrected chi connectivity index (χ4v) is 6.04. The third-order valence-corrected chi connectivity index (χ3v) is 8.70. The number of hydrogen-bond acceptors (Lipinski definition) is 14. The molecule has 4 bridgehead atoms. The number of rotatable bonds is 7. The predicted octanol–water partition coefficient (Wildman–Crippen LogP) is 2.61. The number of phenolic OH excluding ortho intramolecular Hbond substituents is 5. The molecule has 0 aromatic heterocycles. The van der Waals surface area contributed by atoms with Crippen LogP contribution in [0.1, 0.15) is 47.2 Å². The lowest BCUT2D eigenvalue weighted by Crippen LogP contribution is -2.60. The molecule has 48 heavy (non-hydrogen) atoms. The van der Waals surface area contributed by atoms with Gasteiger partial charge in [0.15, 0.2) is 35.0 Å². The topological polar surface area (TPSA) is 225 Å². The molecule has 260 valence electrons. The molecule has 0 amide bonds. The number of carbonyl (C=O) groups is 1. The van der Waals surface area contributed by atoms with Gasteiger partial charge in [0.1, 0.15) is 36.8 Å². The van der Waals surface area contributed by atoms with Gasteiger partial charge in [-0.15, -0.1) is 0 Å². The van der Waals surface area contributed by atoms with Gasteiger partial charge in [0.2, 0.25) is 5.75 Å². The van der Waals surface area contributed by atoms with Crippen molar-refractivity contribution < 1.29 is 69.3 Å². The highest BCUT2D eigenvalue weighted by molar-refractivity contribution is 5.91. The van der Waals surface area contributed by atoms with Gasteiger partial charge in [-0.05, 0) is 73.6 Å². The van der Waals surface area contributed by atoms with E-state index < -0.39 is 66.6 Å². The number of aliphatic hydroxyl groups excluding tert-OH is 3. The minimum Gasteiger partial charge on any atom is -0.507 e. The van der Waals surface area contributed by atoms with Crippen LogP contribution in [0.4, 0.5) is 0 Å². The van der Waals surface area contributed by atoms with E-state index in [0.29, 0.717) is 55.2 Å². The summed E-state index contributed by atoms with van der Waals surface area (Å²) in [5.74, 6) is -2.93. The molecular formula is C34H40O14. The molecule has 1 aliphatic carbocycles. The molecular weight excluding hydrogens is 632 g/mol. The van der Waals surface area contributed by atoms with Crippen molar-refractivity contribution in [3.63, 3.8) is 0 Å². The minimum atomic E-state index is -1.71. The number of carbonyl (C=O) groups excluding carboxylic acids is 1. The van der Waals surface area contributed by atoms with E-state index >= 15 is 0 Å². The summed E-state index contributed by atoms with van der Waals surface area (Å²) >= 11 is 0. The van der Waals surface area contributed by atoms with Crippen molar-refractivity contribution in [2.75, 3.05) is 20.8 Å². The zero-order valence-electron chi connectivity index (χ0n) is 26.4. The van der Waals surface area contributed by atoms with Crippen LogP contribution in [-0.2, 0) is 27.1 Å². The highest BCUT2D eigenvalue weighted by Crippen LogP contribution is 2.48. The van der Waals surface area contributed by atoms with Gasteiger partial charge in [-0.1, -0.05) is 12.5 Å². The summed E-state index contributed by atoms with van der Waals surface area (Å²) in [5.41, 5.74) is 2.20. The number of esters is 1. The van der Waals surface area contributed by atoms with E-state index in [9.17, 15) is 45.6 Å². The maximum absolute atomic E-state index is 12.6. The second-order valence-electron chi connectivity index (χ2n) is 11.9. The normalized spacial score (nSPS) is 24.4. The van der Waals surface area contributed by atoms with E-state index in [0.717, 1.165) is 17.7 Å². The molecule has 14 nitrogen and oxygen atoms in total. The van der Waals surface area contributed by atoms with Gasteiger partial charge < -0.3 is 64.5 Å². The minimum absolute atomic E-state index is 0.00967. The second kappa shape index (κ2) is 14.7. The summed E-state index contributed by atoms with van der Waals surface area (Å²) < 4.78 is 28.2. The monoisotopic (exact) mass is 672 g/mol. The van der Waals surface area contributed by atoms with Gasteiger partial charge in [-0.3, -0.25) is 0 Å². The first-order chi connectivity index (χ1) is 22.9. The van der Waals surface area contributed by atoms with Crippen LogP contribution in [-0.4, -0.2) is 104 Å². The molecule has 3 aromatic rings. The van der Waals surface area contributed by atoms with Crippen LogP contribution in [0.2, 0.25) is 0 Å². The number of ether oxygens (including phenoxy) is 5. The molecule has 1 fully saturated rings. The number of aliphatic hydroxyl groups is 3. The van der Waals surface area contributed by atoms with E-state index in [2.05, 4.69) is 0 Å². The van der Waals surface area contributed by atoms with Crippen LogP contribution < -0.4 is 9.47 Å². The molecule has 3 aromatic carbocycles. The summed E-state index contributed by atoms with van der Waals surface area (Å²) in [6.45, 7) is -0.581. The molecule has 1 saturated heterocycles. The van der Waals surface area contributed by atoms with Crippen molar-refractivity contribution in [2.24, 2.45) is 0 Å². The number of aromatic hydroxyl groups is 5. The van der Waals surface area contributed by atoms with Crippen molar-refractivity contribution >= 4 is 5.97 Å². The maximum Gasteiger partial charge on any atom is 0.338 e. The van der Waals surface area contributed by atoms with Crippen LogP contribution in [0.15, 0.2) is 36.4 Å². The summed E-state index contributed by atoms with van der Waals surface area (Å²) in [7, 11) is 2.88. The predicted molar refractivity (Wildman–Crippen MR) is 167 cm³/mol. The van der Waals surface area contributed by atoms with Crippen molar-refractivity contribution in [3.8, 4) is 51.4 Å². The van der Waals surface area contributed by atoms with Gasteiger partial charge in [0.05, 0.1) is 25.9 Å². The Morgan fingerprint density at radius 2 is 1.48 bits per heavy atom. The van der Waals surface area contributed by atoms with E-state index in [4.69, 9.17) is 23.7 Å². The van der Waals surface area contributed by atoms with Crippen LogP contribution >= 0.6 is 0 Å². The first kappa shape index (κ1) is 34.9. The first-order valence-corrected chi connectivity index (χ1v) is 15.5. The average molecular weight is 673 g/mol. The van der Waals surface area contributed by atoms with Gasteiger partial charge in [0, 0.05) is 11.1 Å². The van der Waals surface area contributed by atoms with Crippen molar-refractivity contribution in [1.82, 2.24) is 0 Å². The third-order valence-electron chi connectivity index (χ3n) is 8.70. The van der Waals surface area contributed by atoms with E-state index in [-0.39, 0.29) is 28.6 Å². The highest BCUT2D eigenvalue weighted by Gasteiger charge is 2.45. The summed E-state index contributed by atoms with van der Waals surface area (Å²) in [6, 6.07) is 8.69. The number of hydrogen-bond donors (Lipinski definition) is 8. The molecule has 1 aliphatic heterocycles. The number of fused-ring (bicyclic) bond motifs is 5. The quantitative estimate of drug-likeness (QED) is 0.133. The van der Waals surface area contributed by atoms with Crippen LogP contribution in [0.25, 0.3) is 11.1 Å². The third kappa shape index (κ3) is 7.17. The molecule has 0 spiro atoms. The highest BCUT2D eigenvalue weighted by atomic mass is 16.7. The number of benzene rings is 3. The Morgan fingerprint density at radius 3 is 2.17 bits per heavy atom. The molecule has 8 N–H and O–H groups in total. The molecule has 0 saturated carbocycles. The Hall–Kier alpha value is -4.47. The van der Waals surface area contributed by atoms with Gasteiger partial charge in [0.25, 0.3) is 0 Å². The Bertz CT molecular complexity index is 1600. The molecule has 1 heterocycles. The lowest BCUT2D eigenvalue weighted by molar-refractivity contribution is -0.311. The number of aryl methyl sites for hydroxylation is 2. The molecule has 0 radical (unpaired) electrons. The van der Waals surface area contributed by atoms with Crippen molar-refractivity contribution in [3.05, 3.63) is 53.1 Å². The zero-order valence-corrected chi connectivity index (χ0v) is 26.4. The fraction of sp³-hybridized carbons (Fsp3) is 0.441. The van der Waals surface area contributed by atoms with Crippen molar-refractivity contribution in [2.45, 2.75) is 75.3 Å². The van der Waals surface area contributed by atoms with Crippen LogP contribution in [0.5, 0.6) is 40.2 Å². The van der Waals surface area contributed by atoms with E-state index in [1.165, 1.54) is 14.2 Å². The van der Waals surface area contributed by atoms with E-state index in [1.54, 1.807) is 18.2 Å². The van der Waals surface area contributed by atoms with Crippen LogP contribution in [0.3, 0.4) is 0 Å². The Kier molecular flexibility index (Phi) is 10.7. The molecule has 6 atom stereocenters. The second-order valence-corrected chi connectivity index (χ2v) is 11.9. The maximum atomic E-state index is 12.6. The number of methoxy groups -OCH3 is 2. The van der Waals surface area contributed by atoms with Gasteiger partial charge in [-0.2, -0.15) is 0 Å². The summed E-state index contributed by atoms with van der Waals surface area (Å²) in [6.07, 6.45) is -5.05. The molecule has 14 heteroatoms. The largest absolute Gasteiger partial charge is 0.507 e. The lowest BCUT2D eigenvalue weighted by atomic mass is 9.95. The SMILES string of the molecule is COc1c2cc(c(O)c1OC)CCCC[C@@H](O[C@@H]1O[C@H](COC(=O)c3cc(O)c(O)c(O)c3)[C@@H](O)[C@H](O)[C@H]1O)CCc1ccc(O)c-2c1. The smallest absolute Gasteiger partial charge is 0.338 e. The molecule has 5 rings (SSSR count). The van der Waals surface area contributed by atoms with Gasteiger partial charge >= 0.3 is 5.97 Å². The van der Waals surface area contributed by atoms with Crippen molar-refractivity contribution in [1.29, 1.82) is 0 Å². The van der Waals surface area contributed by atoms with E-state index in [1.807, 2.05) is 6.07 Å². The number of phenols is 5. The summed E-state index contributed by atoms with van der Waals surface area (Å²) in [4.78, 5) is 12.6. The van der Waals surface area contributed by atoms with Crippen LogP contribution in [0, 0.1) is 0 Å². The molecule has 2 aliphatic rings. The lowest BCUT2D eigenvalue weighted by Gasteiger charge is -2.41. The first-order valence-electron chi connectivity index (χ1n) is 15.5. The molecule has 0 unspecified atom stereocenters. The Labute approximate surface area is 275 Å². The summed E-state index contributed by atoms with van der Waals surface area (Å²) in [5, 5.41) is 82.7. The van der Waals surface area contributed by atoms with Gasteiger partial charge in [-0.25, -0.2) is 4.79 Å². The zero-order chi connectivity index (χ0) is 34.7. The standard InChI is InChI=1S/C34H40O14/c1-44-31-21-12-17(26(38)32(31)45-2)5-3-4-6-19(9-7-16-8-10-22(35)20(21)11-16)47-34-30(42)29(41)28(40)25(48-34)15-46-33(43)18-13-23(36)27(39)24(37)14-18/h8,10-14,19,25,28-30,34-42H,3-7,9,15H2,1-2H3/t19-,25-,28-,29+,30-,34-/m1/s1.